The first kappa shape index (κ1) is 9.23. The minimum absolute atomic E-state index is 0.279. The highest BCUT2D eigenvalue weighted by molar-refractivity contribution is 7.22. The smallest absolute Gasteiger partial charge is 0.145 e. The van der Waals surface area contributed by atoms with Crippen LogP contribution in [-0.4, -0.2) is 15.3 Å². The molecule has 3 rings (SSSR count). The fourth-order valence-corrected chi connectivity index (χ4v) is 2.64. The van der Waals surface area contributed by atoms with Gasteiger partial charge in [0.05, 0.1) is 10.6 Å². The second-order valence-corrected chi connectivity index (χ2v) is 4.62. The van der Waals surface area contributed by atoms with Crippen LogP contribution in [0.2, 0.25) is 0 Å². The summed E-state index contributed by atoms with van der Waals surface area (Å²) in [5, 5.41) is 17.2. The Hall–Kier alpha value is -2.01. The van der Waals surface area contributed by atoms with Crippen LogP contribution < -0.4 is 5.73 Å². The first-order chi connectivity index (χ1) is 7.72. The number of aromatic nitrogens is 2. The van der Waals surface area contributed by atoms with Crippen molar-refractivity contribution >= 4 is 27.2 Å². The number of phenols is 1. The molecular formula is C11H9N3OS. The normalized spacial score (nSPS) is 11.0. The Bertz CT molecular complexity index is 656. The van der Waals surface area contributed by atoms with Crippen LogP contribution in [0.15, 0.2) is 30.3 Å². The molecule has 3 aromatic rings. The van der Waals surface area contributed by atoms with E-state index in [0.29, 0.717) is 5.82 Å². The van der Waals surface area contributed by atoms with Gasteiger partial charge in [0.1, 0.15) is 11.6 Å². The maximum atomic E-state index is 9.38. The Morgan fingerprint density at radius 1 is 1.25 bits per heavy atom. The molecule has 2 heterocycles. The number of thiophene rings is 1. The van der Waals surface area contributed by atoms with Crippen LogP contribution in [0.25, 0.3) is 20.7 Å². The molecule has 4 N–H and O–H groups in total. The molecule has 2 aromatic heterocycles. The third kappa shape index (κ3) is 1.42. The molecule has 0 saturated carbocycles. The molecule has 0 aliphatic rings. The highest BCUT2D eigenvalue weighted by atomic mass is 32.1. The van der Waals surface area contributed by atoms with E-state index in [2.05, 4.69) is 10.2 Å². The first-order valence-corrected chi connectivity index (χ1v) is 5.58. The number of nitrogen functional groups attached to an aromatic ring is 1. The Kier molecular flexibility index (Phi) is 1.87. The lowest BCUT2D eigenvalue weighted by atomic mass is 10.2. The second kappa shape index (κ2) is 3.24. The number of fused-ring (bicyclic) bond motifs is 1. The van der Waals surface area contributed by atoms with Crippen molar-refractivity contribution in [3.63, 3.8) is 0 Å². The van der Waals surface area contributed by atoms with Crippen molar-refractivity contribution in [2.45, 2.75) is 0 Å². The van der Waals surface area contributed by atoms with Crippen LogP contribution in [0, 0.1) is 0 Å². The van der Waals surface area contributed by atoms with Crippen molar-refractivity contribution in [3.05, 3.63) is 30.3 Å². The van der Waals surface area contributed by atoms with Crippen LogP contribution in [0.4, 0.5) is 5.82 Å². The SMILES string of the molecule is Nc1cc(-c2cc3cc(O)ccc3s2)[nH]n1. The van der Waals surface area contributed by atoms with Gasteiger partial charge in [0.15, 0.2) is 0 Å². The van der Waals surface area contributed by atoms with Gasteiger partial charge in [0, 0.05) is 10.8 Å². The number of benzene rings is 1. The summed E-state index contributed by atoms with van der Waals surface area (Å²) in [5.74, 6) is 0.760. The molecule has 1 aromatic carbocycles. The summed E-state index contributed by atoms with van der Waals surface area (Å²) in [6.07, 6.45) is 0. The number of nitrogens with zero attached hydrogens (tertiary/aromatic N) is 1. The van der Waals surface area contributed by atoms with Gasteiger partial charge in [-0.25, -0.2) is 0 Å². The van der Waals surface area contributed by atoms with Gasteiger partial charge >= 0.3 is 0 Å². The molecule has 0 spiro atoms. The number of nitrogens with one attached hydrogen (secondary N) is 1. The molecule has 0 unspecified atom stereocenters. The molecule has 0 amide bonds. The average molecular weight is 231 g/mol. The first-order valence-electron chi connectivity index (χ1n) is 4.76. The monoisotopic (exact) mass is 231 g/mol. The number of aromatic hydroxyl groups is 1. The number of aromatic amines is 1. The molecule has 0 atom stereocenters. The zero-order valence-electron chi connectivity index (χ0n) is 8.27. The lowest BCUT2D eigenvalue weighted by Gasteiger charge is -1.89. The molecule has 0 radical (unpaired) electrons. The molecular weight excluding hydrogens is 222 g/mol. The highest BCUT2D eigenvalue weighted by Gasteiger charge is 2.06. The topological polar surface area (TPSA) is 74.9 Å². The molecule has 0 aliphatic heterocycles. The molecule has 0 fully saturated rings. The summed E-state index contributed by atoms with van der Waals surface area (Å²) in [4.78, 5) is 1.06. The zero-order valence-corrected chi connectivity index (χ0v) is 9.08. The van der Waals surface area contributed by atoms with Gasteiger partial charge in [-0.1, -0.05) is 0 Å². The van der Waals surface area contributed by atoms with E-state index in [9.17, 15) is 5.11 Å². The van der Waals surface area contributed by atoms with Crippen molar-refractivity contribution in [2.24, 2.45) is 0 Å². The molecule has 16 heavy (non-hydrogen) atoms. The summed E-state index contributed by atoms with van der Waals surface area (Å²) >= 11 is 1.63. The van der Waals surface area contributed by atoms with E-state index in [1.165, 1.54) is 0 Å². The number of hydrogen-bond acceptors (Lipinski definition) is 4. The predicted molar refractivity (Wildman–Crippen MR) is 65.5 cm³/mol. The van der Waals surface area contributed by atoms with E-state index in [1.54, 1.807) is 29.5 Å². The zero-order chi connectivity index (χ0) is 11.1. The third-order valence-electron chi connectivity index (χ3n) is 2.36. The quantitative estimate of drug-likeness (QED) is 0.602. The average Bonchev–Trinajstić information content (AvgIpc) is 2.83. The van der Waals surface area contributed by atoms with Gasteiger partial charge in [-0.3, -0.25) is 5.10 Å². The van der Waals surface area contributed by atoms with E-state index in [-0.39, 0.29) is 5.75 Å². The predicted octanol–water partition coefficient (Wildman–Crippen LogP) is 2.58. The van der Waals surface area contributed by atoms with E-state index >= 15 is 0 Å². The van der Waals surface area contributed by atoms with Crippen molar-refractivity contribution in [1.29, 1.82) is 0 Å². The molecule has 4 nitrogen and oxygen atoms in total. The fourth-order valence-electron chi connectivity index (χ4n) is 1.63. The molecule has 5 heteroatoms. The summed E-state index contributed by atoms with van der Waals surface area (Å²) in [7, 11) is 0. The van der Waals surface area contributed by atoms with E-state index in [0.717, 1.165) is 20.7 Å². The molecule has 0 bridgehead atoms. The lowest BCUT2D eigenvalue weighted by molar-refractivity contribution is 0.476. The highest BCUT2D eigenvalue weighted by Crippen LogP contribution is 2.34. The minimum Gasteiger partial charge on any atom is -0.508 e. The standard InChI is InChI=1S/C11H9N3OS/c12-11-5-8(13-14-11)10-4-6-3-7(15)1-2-9(6)16-10/h1-5,15H,(H3,12,13,14). The Balaban J connectivity index is 2.18. The van der Waals surface area contributed by atoms with Gasteiger partial charge in [-0.15, -0.1) is 11.3 Å². The van der Waals surface area contributed by atoms with Crippen LogP contribution in [0.3, 0.4) is 0 Å². The number of hydrogen-bond donors (Lipinski definition) is 3. The number of phenolic OH excluding ortho intramolecular Hbond substituents is 1. The number of H-pyrrole nitrogens is 1. The summed E-state index contributed by atoms with van der Waals surface area (Å²) < 4.78 is 1.13. The summed E-state index contributed by atoms with van der Waals surface area (Å²) in [5.41, 5.74) is 6.46. The maximum absolute atomic E-state index is 9.38. The molecule has 0 saturated heterocycles. The van der Waals surface area contributed by atoms with Crippen LogP contribution in [-0.2, 0) is 0 Å². The number of anilines is 1. The Morgan fingerprint density at radius 3 is 2.88 bits per heavy atom. The van der Waals surface area contributed by atoms with E-state index in [4.69, 9.17) is 5.73 Å². The van der Waals surface area contributed by atoms with Gasteiger partial charge < -0.3 is 10.8 Å². The van der Waals surface area contributed by atoms with Gasteiger partial charge in [-0.2, -0.15) is 5.10 Å². The molecule has 80 valence electrons. The van der Waals surface area contributed by atoms with Crippen molar-refractivity contribution in [1.82, 2.24) is 10.2 Å². The lowest BCUT2D eigenvalue weighted by Crippen LogP contribution is -1.81. The molecule has 0 aliphatic carbocycles. The van der Waals surface area contributed by atoms with E-state index in [1.807, 2.05) is 12.1 Å². The largest absolute Gasteiger partial charge is 0.508 e. The maximum Gasteiger partial charge on any atom is 0.145 e. The third-order valence-corrected chi connectivity index (χ3v) is 3.51. The number of rotatable bonds is 1. The van der Waals surface area contributed by atoms with Gasteiger partial charge in [0.2, 0.25) is 0 Å². The van der Waals surface area contributed by atoms with E-state index < -0.39 is 0 Å². The van der Waals surface area contributed by atoms with Crippen LogP contribution in [0.1, 0.15) is 0 Å². The number of nitrogens with two attached hydrogens (primary N) is 1. The minimum atomic E-state index is 0.279. The Labute approximate surface area is 95.3 Å². The van der Waals surface area contributed by atoms with Gasteiger partial charge in [0.25, 0.3) is 0 Å². The Morgan fingerprint density at radius 2 is 2.12 bits per heavy atom. The second-order valence-electron chi connectivity index (χ2n) is 3.54. The van der Waals surface area contributed by atoms with Crippen molar-refractivity contribution in [2.75, 3.05) is 5.73 Å². The summed E-state index contributed by atoms with van der Waals surface area (Å²) in [6.45, 7) is 0. The van der Waals surface area contributed by atoms with Crippen LogP contribution >= 0.6 is 11.3 Å². The van der Waals surface area contributed by atoms with Gasteiger partial charge in [-0.05, 0) is 29.7 Å². The summed E-state index contributed by atoms with van der Waals surface area (Å²) in [6, 6.07) is 9.13. The van der Waals surface area contributed by atoms with Crippen molar-refractivity contribution in [3.8, 4) is 16.3 Å². The van der Waals surface area contributed by atoms with Crippen LogP contribution in [0.5, 0.6) is 5.75 Å². The van der Waals surface area contributed by atoms with Crippen molar-refractivity contribution < 1.29 is 5.11 Å². The fraction of sp³-hybridized carbons (Fsp3) is 0.